The van der Waals surface area contributed by atoms with Gasteiger partial charge in [0.05, 0.1) is 0 Å². The van der Waals surface area contributed by atoms with Crippen molar-refractivity contribution >= 4 is 11.3 Å². The maximum absolute atomic E-state index is 6.62. The molecule has 94 valence electrons. The SMILES string of the molecule is Cc1ccsc1C(N)C1(c2ccccc2)CCC1. The Balaban J connectivity index is 2.00. The monoisotopic (exact) mass is 257 g/mol. The third kappa shape index (κ3) is 1.72. The molecule has 1 saturated carbocycles. The normalized spacial score (nSPS) is 19.2. The van der Waals surface area contributed by atoms with Gasteiger partial charge in [-0.1, -0.05) is 36.8 Å². The first kappa shape index (κ1) is 11.9. The summed E-state index contributed by atoms with van der Waals surface area (Å²) in [6.07, 6.45) is 3.73. The Kier molecular flexibility index (Phi) is 3.00. The van der Waals surface area contributed by atoms with Gasteiger partial charge in [-0.05, 0) is 42.3 Å². The van der Waals surface area contributed by atoms with Crippen LogP contribution in [-0.2, 0) is 5.41 Å². The van der Waals surface area contributed by atoms with Crippen molar-refractivity contribution in [2.24, 2.45) is 5.73 Å². The average molecular weight is 257 g/mol. The van der Waals surface area contributed by atoms with E-state index in [0.717, 1.165) is 0 Å². The molecule has 0 saturated heterocycles. The Morgan fingerprint density at radius 2 is 1.89 bits per heavy atom. The Labute approximate surface area is 113 Å². The second kappa shape index (κ2) is 4.52. The van der Waals surface area contributed by atoms with E-state index in [0.29, 0.717) is 0 Å². The summed E-state index contributed by atoms with van der Waals surface area (Å²) >= 11 is 1.80. The van der Waals surface area contributed by atoms with Crippen LogP contribution in [-0.4, -0.2) is 0 Å². The molecule has 1 aromatic carbocycles. The van der Waals surface area contributed by atoms with Crippen molar-refractivity contribution in [3.63, 3.8) is 0 Å². The molecule has 1 aliphatic rings. The quantitative estimate of drug-likeness (QED) is 0.877. The number of benzene rings is 1. The van der Waals surface area contributed by atoms with Crippen LogP contribution >= 0.6 is 11.3 Å². The predicted octanol–water partition coefficient (Wildman–Crippen LogP) is 4.18. The molecule has 1 atom stereocenters. The number of rotatable bonds is 3. The van der Waals surface area contributed by atoms with Gasteiger partial charge in [-0.3, -0.25) is 0 Å². The van der Waals surface area contributed by atoms with E-state index < -0.39 is 0 Å². The van der Waals surface area contributed by atoms with Crippen LogP contribution < -0.4 is 5.73 Å². The molecular formula is C16H19NS. The molecule has 1 heterocycles. The predicted molar refractivity (Wildman–Crippen MR) is 78.0 cm³/mol. The van der Waals surface area contributed by atoms with Crippen LogP contribution in [0.25, 0.3) is 0 Å². The highest BCUT2D eigenvalue weighted by molar-refractivity contribution is 7.10. The lowest BCUT2D eigenvalue weighted by Crippen LogP contribution is -2.44. The van der Waals surface area contributed by atoms with Crippen LogP contribution in [0.3, 0.4) is 0 Å². The van der Waals surface area contributed by atoms with E-state index in [1.165, 1.54) is 35.3 Å². The lowest BCUT2D eigenvalue weighted by molar-refractivity contribution is 0.198. The molecule has 1 unspecified atom stereocenters. The van der Waals surface area contributed by atoms with Crippen LogP contribution in [0.1, 0.15) is 41.3 Å². The Morgan fingerprint density at radius 1 is 1.17 bits per heavy atom. The largest absolute Gasteiger partial charge is 0.323 e. The smallest absolute Gasteiger partial charge is 0.0490 e. The van der Waals surface area contributed by atoms with E-state index in [2.05, 4.69) is 48.7 Å². The van der Waals surface area contributed by atoms with Crippen LogP contribution in [0, 0.1) is 6.92 Å². The first-order valence-corrected chi connectivity index (χ1v) is 7.47. The Bertz CT molecular complexity index is 525. The number of hydrogen-bond donors (Lipinski definition) is 1. The van der Waals surface area contributed by atoms with Gasteiger partial charge in [0, 0.05) is 16.3 Å². The molecule has 1 aromatic heterocycles. The molecule has 2 aromatic rings. The van der Waals surface area contributed by atoms with E-state index >= 15 is 0 Å². The van der Waals surface area contributed by atoms with Crippen molar-refractivity contribution in [1.29, 1.82) is 0 Å². The van der Waals surface area contributed by atoms with E-state index in [1.54, 1.807) is 11.3 Å². The summed E-state index contributed by atoms with van der Waals surface area (Å²) in [5.41, 5.74) is 9.56. The number of nitrogens with two attached hydrogens (primary N) is 1. The fourth-order valence-electron chi connectivity index (χ4n) is 3.06. The van der Waals surface area contributed by atoms with Crippen molar-refractivity contribution in [3.8, 4) is 0 Å². The summed E-state index contributed by atoms with van der Waals surface area (Å²) in [5, 5.41) is 2.15. The Morgan fingerprint density at radius 3 is 2.39 bits per heavy atom. The summed E-state index contributed by atoms with van der Waals surface area (Å²) < 4.78 is 0. The van der Waals surface area contributed by atoms with Gasteiger partial charge in [0.15, 0.2) is 0 Å². The lowest BCUT2D eigenvalue weighted by atomic mass is 9.60. The maximum atomic E-state index is 6.62. The number of hydrogen-bond acceptors (Lipinski definition) is 2. The average Bonchev–Trinajstić information content (AvgIpc) is 2.75. The van der Waals surface area contributed by atoms with Gasteiger partial charge in [-0.15, -0.1) is 11.3 Å². The minimum atomic E-state index is 0.147. The summed E-state index contributed by atoms with van der Waals surface area (Å²) in [5.74, 6) is 0. The fraction of sp³-hybridized carbons (Fsp3) is 0.375. The Hall–Kier alpha value is -1.12. The van der Waals surface area contributed by atoms with Crippen molar-refractivity contribution in [1.82, 2.24) is 0 Å². The van der Waals surface area contributed by atoms with Gasteiger partial charge in [0.1, 0.15) is 0 Å². The van der Waals surface area contributed by atoms with Crippen molar-refractivity contribution < 1.29 is 0 Å². The van der Waals surface area contributed by atoms with Gasteiger partial charge >= 0.3 is 0 Å². The molecule has 0 amide bonds. The summed E-state index contributed by atoms with van der Waals surface area (Å²) in [6.45, 7) is 2.17. The second-order valence-corrected chi connectivity index (χ2v) is 6.27. The van der Waals surface area contributed by atoms with Gasteiger partial charge in [-0.25, -0.2) is 0 Å². The molecule has 0 bridgehead atoms. The van der Waals surface area contributed by atoms with E-state index in [1.807, 2.05) is 0 Å². The van der Waals surface area contributed by atoms with Crippen molar-refractivity contribution in [2.75, 3.05) is 0 Å². The lowest BCUT2D eigenvalue weighted by Gasteiger charge is -2.47. The molecule has 0 aliphatic heterocycles. The molecule has 1 fully saturated rings. The number of aryl methyl sites for hydroxylation is 1. The van der Waals surface area contributed by atoms with Crippen LogP contribution in [0.4, 0.5) is 0 Å². The van der Waals surface area contributed by atoms with Gasteiger partial charge in [-0.2, -0.15) is 0 Å². The zero-order valence-electron chi connectivity index (χ0n) is 10.7. The molecule has 1 aliphatic carbocycles. The van der Waals surface area contributed by atoms with Crippen molar-refractivity contribution in [3.05, 3.63) is 57.8 Å². The highest BCUT2D eigenvalue weighted by atomic mass is 32.1. The minimum absolute atomic E-state index is 0.147. The molecule has 18 heavy (non-hydrogen) atoms. The number of thiophene rings is 1. The molecule has 1 nitrogen and oxygen atoms in total. The van der Waals surface area contributed by atoms with Crippen LogP contribution in [0.15, 0.2) is 41.8 Å². The van der Waals surface area contributed by atoms with E-state index in [4.69, 9.17) is 5.73 Å². The molecule has 2 N–H and O–H groups in total. The second-order valence-electron chi connectivity index (χ2n) is 5.32. The van der Waals surface area contributed by atoms with Gasteiger partial charge in [0.25, 0.3) is 0 Å². The molecular weight excluding hydrogens is 238 g/mol. The van der Waals surface area contributed by atoms with Crippen molar-refractivity contribution in [2.45, 2.75) is 37.6 Å². The minimum Gasteiger partial charge on any atom is -0.323 e. The first-order valence-electron chi connectivity index (χ1n) is 6.59. The summed E-state index contributed by atoms with van der Waals surface area (Å²) in [7, 11) is 0. The topological polar surface area (TPSA) is 26.0 Å². The standard InChI is InChI=1S/C16H19NS/c1-12-8-11-18-14(12)15(17)16(9-5-10-16)13-6-3-2-4-7-13/h2-4,6-8,11,15H,5,9-10,17H2,1H3. The summed E-state index contributed by atoms with van der Waals surface area (Å²) in [6, 6.07) is 13.1. The third-order valence-electron chi connectivity index (χ3n) is 4.37. The summed E-state index contributed by atoms with van der Waals surface area (Å²) in [4.78, 5) is 1.36. The molecule has 2 heteroatoms. The third-order valence-corrected chi connectivity index (χ3v) is 5.48. The van der Waals surface area contributed by atoms with Crippen LogP contribution in [0.5, 0.6) is 0 Å². The zero-order valence-corrected chi connectivity index (χ0v) is 11.5. The highest BCUT2D eigenvalue weighted by Crippen LogP contribution is 2.52. The molecule has 0 spiro atoms. The van der Waals surface area contributed by atoms with Gasteiger partial charge in [0.2, 0.25) is 0 Å². The van der Waals surface area contributed by atoms with E-state index in [-0.39, 0.29) is 11.5 Å². The molecule has 0 radical (unpaired) electrons. The first-order chi connectivity index (χ1) is 8.74. The fourth-order valence-corrected chi connectivity index (χ4v) is 4.11. The zero-order chi connectivity index (χ0) is 12.6. The highest BCUT2D eigenvalue weighted by Gasteiger charge is 2.45. The van der Waals surface area contributed by atoms with Crippen LogP contribution in [0.2, 0.25) is 0 Å². The molecule has 3 rings (SSSR count). The van der Waals surface area contributed by atoms with E-state index in [9.17, 15) is 0 Å². The van der Waals surface area contributed by atoms with Gasteiger partial charge < -0.3 is 5.73 Å². The maximum Gasteiger partial charge on any atom is 0.0490 e.